The summed E-state index contributed by atoms with van der Waals surface area (Å²) in [5.74, 6) is 0.0440. The number of halogens is 3. The topological polar surface area (TPSA) is 20.3 Å². The monoisotopic (exact) mass is 365 g/mol. The van der Waals surface area contributed by atoms with Gasteiger partial charge in [-0.25, -0.2) is 0 Å². The SMILES string of the molecule is O=C(c1ccc(Br)cc1Br)N1CCC(Cl)C1. The second-order valence-electron chi connectivity index (χ2n) is 3.76. The van der Waals surface area contributed by atoms with Crippen molar-refractivity contribution in [3.8, 4) is 0 Å². The fourth-order valence-corrected chi connectivity index (χ4v) is 3.22. The van der Waals surface area contributed by atoms with Crippen molar-refractivity contribution >= 4 is 49.4 Å². The van der Waals surface area contributed by atoms with Crippen LogP contribution in [0.5, 0.6) is 0 Å². The number of nitrogens with zero attached hydrogens (tertiary/aromatic N) is 1. The Labute approximate surface area is 116 Å². The molecule has 0 aromatic heterocycles. The van der Waals surface area contributed by atoms with Gasteiger partial charge < -0.3 is 4.90 Å². The normalized spacial score (nSPS) is 20.2. The first-order valence-corrected chi connectivity index (χ1v) is 6.98. The summed E-state index contributed by atoms with van der Waals surface area (Å²) in [6.07, 6.45) is 0.876. The fraction of sp³-hybridized carbons (Fsp3) is 0.364. The van der Waals surface area contributed by atoms with Crippen LogP contribution in [0.2, 0.25) is 0 Å². The molecule has 0 N–H and O–H groups in total. The second kappa shape index (κ2) is 5.07. The van der Waals surface area contributed by atoms with Gasteiger partial charge in [-0.2, -0.15) is 0 Å². The standard InChI is InChI=1S/C11H10Br2ClNO/c12-7-1-2-9(10(13)5-7)11(16)15-4-3-8(14)6-15/h1-2,5,8H,3-4,6H2. The Kier molecular flexibility index (Phi) is 3.93. The van der Waals surface area contributed by atoms with Crippen LogP contribution in [0.1, 0.15) is 16.8 Å². The molecule has 86 valence electrons. The summed E-state index contributed by atoms with van der Waals surface area (Å²) in [6, 6.07) is 5.56. The summed E-state index contributed by atoms with van der Waals surface area (Å²) < 4.78 is 1.76. The number of carbonyl (C=O) groups is 1. The molecule has 0 bridgehead atoms. The van der Waals surface area contributed by atoms with E-state index in [4.69, 9.17) is 11.6 Å². The maximum Gasteiger partial charge on any atom is 0.255 e. The summed E-state index contributed by atoms with van der Waals surface area (Å²) in [6.45, 7) is 1.39. The Bertz CT molecular complexity index is 424. The number of likely N-dealkylation sites (tertiary alicyclic amines) is 1. The van der Waals surface area contributed by atoms with E-state index < -0.39 is 0 Å². The highest BCUT2D eigenvalue weighted by Gasteiger charge is 2.26. The van der Waals surface area contributed by atoms with Gasteiger partial charge in [0.05, 0.1) is 10.9 Å². The lowest BCUT2D eigenvalue weighted by Gasteiger charge is -2.16. The van der Waals surface area contributed by atoms with E-state index in [1.807, 2.05) is 18.2 Å². The van der Waals surface area contributed by atoms with Gasteiger partial charge in [-0.05, 0) is 40.5 Å². The number of alkyl halides is 1. The maximum absolute atomic E-state index is 12.1. The van der Waals surface area contributed by atoms with Crippen LogP contribution >= 0.6 is 43.5 Å². The van der Waals surface area contributed by atoms with Gasteiger partial charge in [0.15, 0.2) is 0 Å². The molecular weight excluding hydrogens is 357 g/mol. The van der Waals surface area contributed by atoms with Crippen LogP contribution in [-0.2, 0) is 0 Å². The Hall–Kier alpha value is -0.0600. The molecule has 1 aromatic carbocycles. The zero-order valence-electron chi connectivity index (χ0n) is 8.42. The van der Waals surface area contributed by atoms with Gasteiger partial charge in [0.25, 0.3) is 5.91 Å². The van der Waals surface area contributed by atoms with Gasteiger partial charge >= 0.3 is 0 Å². The summed E-state index contributed by atoms with van der Waals surface area (Å²) >= 11 is 12.8. The van der Waals surface area contributed by atoms with Crippen molar-refractivity contribution in [2.24, 2.45) is 0 Å². The third-order valence-corrected chi connectivity index (χ3v) is 4.09. The zero-order valence-corrected chi connectivity index (χ0v) is 12.3. The summed E-state index contributed by atoms with van der Waals surface area (Å²) in [4.78, 5) is 13.9. The summed E-state index contributed by atoms with van der Waals surface area (Å²) in [5.41, 5.74) is 0.689. The van der Waals surface area contributed by atoms with E-state index >= 15 is 0 Å². The zero-order chi connectivity index (χ0) is 11.7. The average Bonchev–Trinajstić information content (AvgIpc) is 2.64. The lowest BCUT2D eigenvalue weighted by atomic mass is 10.2. The highest BCUT2D eigenvalue weighted by atomic mass is 79.9. The molecule has 1 amide bonds. The Balaban J connectivity index is 2.21. The third-order valence-electron chi connectivity index (χ3n) is 2.58. The number of hydrogen-bond donors (Lipinski definition) is 0. The number of amides is 1. The molecule has 2 nitrogen and oxygen atoms in total. The first-order valence-electron chi connectivity index (χ1n) is 4.96. The molecule has 1 heterocycles. The van der Waals surface area contributed by atoms with Crippen molar-refractivity contribution in [2.45, 2.75) is 11.8 Å². The molecule has 1 aliphatic rings. The highest BCUT2D eigenvalue weighted by Crippen LogP contribution is 2.25. The first kappa shape index (κ1) is 12.4. The van der Waals surface area contributed by atoms with Crippen molar-refractivity contribution in [3.05, 3.63) is 32.7 Å². The predicted octanol–water partition coefficient (Wildman–Crippen LogP) is 3.66. The van der Waals surface area contributed by atoms with E-state index in [2.05, 4.69) is 31.9 Å². The smallest absolute Gasteiger partial charge is 0.255 e. The van der Waals surface area contributed by atoms with Crippen LogP contribution in [0.4, 0.5) is 0 Å². The molecule has 0 aliphatic carbocycles. The number of hydrogen-bond acceptors (Lipinski definition) is 1. The molecule has 0 radical (unpaired) electrons. The molecule has 0 spiro atoms. The number of benzene rings is 1. The van der Waals surface area contributed by atoms with Crippen LogP contribution < -0.4 is 0 Å². The van der Waals surface area contributed by atoms with E-state index in [0.29, 0.717) is 12.1 Å². The van der Waals surface area contributed by atoms with Crippen molar-refractivity contribution in [1.82, 2.24) is 4.90 Å². The van der Waals surface area contributed by atoms with Gasteiger partial charge in [-0.3, -0.25) is 4.79 Å². The minimum absolute atomic E-state index is 0.0440. The molecule has 1 aliphatic heterocycles. The number of carbonyl (C=O) groups excluding carboxylic acids is 1. The molecule has 2 rings (SSSR count). The van der Waals surface area contributed by atoms with E-state index in [0.717, 1.165) is 21.9 Å². The first-order chi connectivity index (χ1) is 7.58. The molecule has 0 saturated carbocycles. The van der Waals surface area contributed by atoms with Crippen LogP contribution in [-0.4, -0.2) is 29.3 Å². The largest absolute Gasteiger partial charge is 0.337 e. The van der Waals surface area contributed by atoms with E-state index in [9.17, 15) is 4.79 Å². The van der Waals surface area contributed by atoms with Crippen LogP contribution in [0.3, 0.4) is 0 Å². The molecule has 1 fully saturated rings. The van der Waals surface area contributed by atoms with Gasteiger partial charge in [0.1, 0.15) is 0 Å². The van der Waals surface area contributed by atoms with E-state index in [-0.39, 0.29) is 11.3 Å². The summed E-state index contributed by atoms with van der Waals surface area (Å²) in [5, 5.41) is 0.0955. The van der Waals surface area contributed by atoms with Gasteiger partial charge in [0.2, 0.25) is 0 Å². The minimum atomic E-state index is 0.0440. The number of rotatable bonds is 1. The summed E-state index contributed by atoms with van der Waals surface area (Å²) in [7, 11) is 0. The van der Waals surface area contributed by atoms with E-state index in [1.54, 1.807) is 4.90 Å². The molecule has 16 heavy (non-hydrogen) atoms. The van der Waals surface area contributed by atoms with Crippen molar-refractivity contribution in [3.63, 3.8) is 0 Å². The van der Waals surface area contributed by atoms with Gasteiger partial charge in [-0.15, -0.1) is 11.6 Å². The Morgan fingerprint density at radius 2 is 2.19 bits per heavy atom. The predicted molar refractivity (Wildman–Crippen MR) is 72.0 cm³/mol. The quantitative estimate of drug-likeness (QED) is 0.694. The third kappa shape index (κ3) is 2.60. The van der Waals surface area contributed by atoms with Crippen LogP contribution in [0.15, 0.2) is 27.1 Å². The highest BCUT2D eigenvalue weighted by molar-refractivity contribution is 9.11. The van der Waals surface area contributed by atoms with Gasteiger partial charge in [0, 0.05) is 22.0 Å². The molecule has 1 aromatic rings. The van der Waals surface area contributed by atoms with Crippen LogP contribution in [0, 0.1) is 0 Å². The molecule has 1 unspecified atom stereocenters. The maximum atomic E-state index is 12.1. The molecule has 1 saturated heterocycles. The molecule has 5 heteroatoms. The minimum Gasteiger partial charge on any atom is -0.337 e. The lowest BCUT2D eigenvalue weighted by molar-refractivity contribution is 0.0792. The fourth-order valence-electron chi connectivity index (χ4n) is 1.74. The second-order valence-corrected chi connectivity index (χ2v) is 6.15. The van der Waals surface area contributed by atoms with Crippen LogP contribution in [0.25, 0.3) is 0 Å². The van der Waals surface area contributed by atoms with Gasteiger partial charge in [-0.1, -0.05) is 15.9 Å². The lowest BCUT2D eigenvalue weighted by Crippen LogP contribution is -2.29. The van der Waals surface area contributed by atoms with Crippen molar-refractivity contribution < 1.29 is 4.79 Å². The Morgan fingerprint density at radius 3 is 2.75 bits per heavy atom. The van der Waals surface area contributed by atoms with Crippen molar-refractivity contribution in [2.75, 3.05) is 13.1 Å². The van der Waals surface area contributed by atoms with Crippen molar-refractivity contribution in [1.29, 1.82) is 0 Å². The average molecular weight is 367 g/mol. The molecular formula is C11H10Br2ClNO. The molecule has 1 atom stereocenters. The Morgan fingerprint density at radius 1 is 1.44 bits per heavy atom. The van der Waals surface area contributed by atoms with E-state index in [1.165, 1.54) is 0 Å².